The monoisotopic (exact) mass is 394 g/mol. The molecule has 1 aromatic heterocycles. The number of rotatable bonds is 4. The first kappa shape index (κ1) is 18.7. The fourth-order valence-corrected chi connectivity index (χ4v) is 4.27. The summed E-state index contributed by atoms with van der Waals surface area (Å²) in [5.41, 5.74) is 3.30. The molecule has 4 rings (SSSR count). The van der Waals surface area contributed by atoms with Crippen molar-refractivity contribution in [3.8, 4) is 23.3 Å². The highest BCUT2D eigenvalue weighted by Crippen LogP contribution is 2.39. The van der Waals surface area contributed by atoms with Gasteiger partial charge in [0.1, 0.15) is 34.7 Å². The van der Waals surface area contributed by atoms with Crippen molar-refractivity contribution in [2.45, 2.75) is 23.5 Å². The van der Waals surface area contributed by atoms with E-state index in [4.69, 9.17) is 4.74 Å². The molecule has 0 spiro atoms. The zero-order valence-electron chi connectivity index (χ0n) is 15.5. The maximum absolute atomic E-state index is 13.4. The second kappa shape index (κ2) is 7.79. The van der Waals surface area contributed by atoms with E-state index in [1.54, 1.807) is 4.90 Å². The minimum absolute atomic E-state index is 0.224. The Balaban J connectivity index is 1.83. The van der Waals surface area contributed by atoms with Gasteiger partial charge in [0.05, 0.1) is 25.3 Å². The van der Waals surface area contributed by atoms with Gasteiger partial charge in [-0.05, 0) is 23.8 Å². The molecule has 0 saturated carbocycles. The molecule has 2 aromatic rings. The van der Waals surface area contributed by atoms with Gasteiger partial charge in [-0.15, -0.1) is 11.8 Å². The zero-order valence-corrected chi connectivity index (χ0v) is 16.3. The van der Waals surface area contributed by atoms with Crippen LogP contribution in [0, 0.1) is 22.7 Å². The van der Waals surface area contributed by atoms with Crippen LogP contribution in [0.15, 0.2) is 29.3 Å². The molecular weight excluding hydrogens is 375 g/mol. The number of nitriles is 2. The number of hydrogen-bond acceptors (Lipinski definition) is 6. The first-order valence-electron chi connectivity index (χ1n) is 9.15. The summed E-state index contributed by atoms with van der Waals surface area (Å²) < 4.78 is 18.9. The van der Waals surface area contributed by atoms with Crippen LogP contribution >= 0.6 is 11.8 Å². The van der Waals surface area contributed by atoms with Gasteiger partial charge in [-0.25, -0.2) is 9.37 Å². The highest BCUT2D eigenvalue weighted by molar-refractivity contribution is 7.98. The molecule has 142 valence electrons. The number of thioether (sulfide) groups is 1. The SMILES string of the molecule is CSc1nc(N2CC(F)C2)c(C#N)c(-c2ccc([C@H]3CCOC3)cc2)c1C#N. The van der Waals surface area contributed by atoms with E-state index in [2.05, 4.69) is 17.1 Å². The van der Waals surface area contributed by atoms with Crippen molar-refractivity contribution in [2.24, 2.45) is 0 Å². The zero-order chi connectivity index (χ0) is 19.7. The third-order valence-corrected chi connectivity index (χ3v) is 5.98. The third-order valence-electron chi connectivity index (χ3n) is 5.30. The molecule has 1 atom stereocenters. The number of hydrogen-bond donors (Lipinski definition) is 0. The topological polar surface area (TPSA) is 72.9 Å². The molecule has 0 aliphatic carbocycles. The predicted octanol–water partition coefficient (Wildman–Crippen LogP) is 3.88. The number of halogens is 1. The van der Waals surface area contributed by atoms with Gasteiger partial charge in [-0.1, -0.05) is 24.3 Å². The minimum Gasteiger partial charge on any atom is -0.381 e. The Morgan fingerprint density at radius 2 is 1.89 bits per heavy atom. The Morgan fingerprint density at radius 1 is 1.18 bits per heavy atom. The average molecular weight is 394 g/mol. The normalized spacial score (nSPS) is 19.1. The summed E-state index contributed by atoms with van der Waals surface area (Å²) in [4.78, 5) is 6.28. The highest BCUT2D eigenvalue weighted by Gasteiger charge is 2.32. The Bertz CT molecular complexity index is 968. The molecule has 28 heavy (non-hydrogen) atoms. The van der Waals surface area contributed by atoms with Crippen molar-refractivity contribution in [2.75, 3.05) is 37.5 Å². The molecule has 0 amide bonds. The predicted molar refractivity (Wildman–Crippen MR) is 106 cm³/mol. The van der Waals surface area contributed by atoms with Gasteiger partial charge in [0.15, 0.2) is 0 Å². The third kappa shape index (κ3) is 3.22. The van der Waals surface area contributed by atoms with Gasteiger partial charge in [0.2, 0.25) is 0 Å². The van der Waals surface area contributed by atoms with Gasteiger partial charge in [0.25, 0.3) is 0 Å². The summed E-state index contributed by atoms with van der Waals surface area (Å²) in [5.74, 6) is 0.847. The summed E-state index contributed by atoms with van der Waals surface area (Å²) >= 11 is 1.36. The molecule has 0 radical (unpaired) electrons. The summed E-state index contributed by atoms with van der Waals surface area (Å²) in [5, 5.41) is 20.2. The van der Waals surface area contributed by atoms with Crippen LogP contribution < -0.4 is 4.90 Å². The number of ether oxygens (including phenoxy) is 1. The summed E-state index contributed by atoms with van der Waals surface area (Å²) in [6.07, 6.45) is 1.94. The van der Waals surface area contributed by atoms with Crippen molar-refractivity contribution in [1.29, 1.82) is 10.5 Å². The van der Waals surface area contributed by atoms with Gasteiger partial charge >= 0.3 is 0 Å². The lowest BCUT2D eigenvalue weighted by Gasteiger charge is -2.36. The lowest BCUT2D eigenvalue weighted by Crippen LogP contribution is -2.49. The highest BCUT2D eigenvalue weighted by atomic mass is 32.2. The van der Waals surface area contributed by atoms with Crippen LogP contribution in [0.3, 0.4) is 0 Å². The number of anilines is 1. The molecular formula is C21H19FN4OS. The standard InChI is InChI=1S/C21H19FN4OS/c1-28-21-18(9-24)19(17(8-23)20(25-21)26-10-16(22)11-26)14-4-2-13(3-5-14)15-6-7-27-12-15/h2-5,15-16H,6-7,10-12H2,1H3/t15-/m0/s1. The molecule has 0 bridgehead atoms. The van der Waals surface area contributed by atoms with Gasteiger partial charge in [-0.3, -0.25) is 0 Å². The maximum Gasteiger partial charge on any atom is 0.148 e. The van der Waals surface area contributed by atoms with E-state index in [-0.39, 0.29) is 13.1 Å². The van der Waals surface area contributed by atoms with Crippen molar-refractivity contribution >= 4 is 17.6 Å². The molecule has 0 unspecified atom stereocenters. The number of pyridine rings is 1. The smallest absolute Gasteiger partial charge is 0.148 e. The van der Waals surface area contributed by atoms with Crippen LogP contribution in [0.2, 0.25) is 0 Å². The second-order valence-corrected chi connectivity index (χ2v) is 7.77. The Kier molecular flexibility index (Phi) is 5.21. The van der Waals surface area contributed by atoms with Crippen molar-refractivity contribution in [3.05, 3.63) is 41.0 Å². The van der Waals surface area contributed by atoms with E-state index in [9.17, 15) is 14.9 Å². The van der Waals surface area contributed by atoms with E-state index in [1.807, 2.05) is 30.5 Å². The Hall–Kier alpha value is -2.61. The Labute approximate surface area is 167 Å². The largest absolute Gasteiger partial charge is 0.381 e. The van der Waals surface area contributed by atoms with Crippen molar-refractivity contribution in [1.82, 2.24) is 4.98 Å². The molecule has 0 N–H and O–H groups in total. The number of aromatic nitrogens is 1. The molecule has 2 fully saturated rings. The van der Waals surface area contributed by atoms with Crippen LogP contribution in [0.1, 0.15) is 29.0 Å². The number of benzene rings is 1. The van der Waals surface area contributed by atoms with Gasteiger partial charge in [0, 0.05) is 18.1 Å². The van der Waals surface area contributed by atoms with E-state index in [0.29, 0.717) is 33.5 Å². The van der Waals surface area contributed by atoms with Gasteiger partial charge < -0.3 is 9.64 Å². The van der Waals surface area contributed by atoms with E-state index < -0.39 is 6.17 Å². The average Bonchev–Trinajstić information content (AvgIpc) is 3.24. The lowest BCUT2D eigenvalue weighted by atomic mass is 9.92. The van der Waals surface area contributed by atoms with Crippen LogP contribution in [0.4, 0.5) is 10.2 Å². The first-order valence-corrected chi connectivity index (χ1v) is 10.4. The molecule has 2 aliphatic heterocycles. The molecule has 5 nitrogen and oxygen atoms in total. The molecule has 7 heteroatoms. The quantitative estimate of drug-likeness (QED) is 0.733. The van der Waals surface area contributed by atoms with Crippen LogP contribution in [0.25, 0.3) is 11.1 Å². The maximum atomic E-state index is 13.4. The van der Waals surface area contributed by atoms with Crippen molar-refractivity contribution < 1.29 is 9.13 Å². The summed E-state index contributed by atoms with van der Waals surface area (Å²) in [6, 6.07) is 12.4. The molecule has 1 aromatic carbocycles. The van der Waals surface area contributed by atoms with Crippen LogP contribution in [-0.2, 0) is 4.74 Å². The molecule has 3 heterocycles. The van der Waals surface area contributed by atoms with Crippen LogP contribution in [-0.4, -0.2) is 43.7 Å². The first-order chi connectivity index (χ1) is 13.7. The number of nitrogens with zero attached hydrogens (tertiary/aromatic N) is 4. The van der Waals surface area contributed by atoms with E-state index in [1.165, 1.54) is 17.3 Å². The minimum atomic E-state index is -0.905. The van der Waals surface area contributed by atoms with Crippen LogP contribution in [0.5, 0.6) is 0 Å². The lowest BCUT2D eigenvalue weighted by molar-refractivity contribution is 0.194. The van der Waals surface area contributed by atoms with Crippen molar-refractivity contribution in [3.63, 3.8) is 0 Å². The molecule has 2 saturated heterocycles. The summed E-state index contributed by atoms with van der Waals surface area (Å²) in [6.45, 7) is 1.95. The fourth-order valence-electron chi connectivity index (χ4n) is 3.74. The summed E-state index contributed by atoms with van der Waals surface area (Å²) in [7, 11) is 0. The number of alkyl halides is 1. The van der Waals surface area contributed by atoms with E-state index >= 15 is 0 Å². The second-order valence-electron chi connectivity index (χ2n) is 6.98. The Morgan fingerprint density at radius 3 is 2.43 bits per heavy atom. The van der Waals surface area contributed by atoms with E-state index in [0.717, 1.165) is 25.2 Å². The van der Waals surface area contributed by atoms with Gasteiger partial charge in [-0.2, -0.15) is 10.5 Å². The fraction of sp³-hybridized carbons (Fsp3) is 0.381. The molecule has 2 aliphatic rings.